The summed E-state index contributed by atoms with van der Waals surface area (Å²) in [7, 11) is 0. The number of amides is 1. The molecule has 1 aromatic heterocycles. The molecule has 0 saturated carbocycles. The van der Waals surface area contributed by atoms with Crippen molar-refractivity contribution in [3.05, 3.63) is 29.1 Å². The first-order chi connectivity index (χ1) is 8.49. The topological polar surface area (TPSA) is 33.2 Å². The van der Waals surface area contributed by atoms with Crippen molar-refractivity contribution in [2.24, 2.45) is 5.92 Å². The van der Waals surface area contributed by atoms with Crippen LogP contribution in [0.25, 0.3) is 0 Å². The highest BCUT2D eigenvalue weighted by Crippen LogP contribution is 2.24. The predicted octanol–water partition coefficient (Wildman–Crippen LogP) is 2.94. The van der Waals surface area contributed by atoms with E-state index in [1.807, 2.05) is 30.9 Å². The maximum atomic E-state index is 12.5. The molecule has 0 radical (unpaired) electrons. The number of rotatable bonds is 1. The van der Waals surface area contributed by atoms with E-state index in [-0.39, 0.29) is 5.91 Å². The highest BCUT2D eigenvalue weighted by atomic mass is 79.9. The standard InChI is InChI=1S/C14H19BrN2O/c1-9-8-17(7-6-13(9)15)14(18)12-5-4-10(2)16-11(12)3/h4-5,9,13H,6-8H2,1-3H3. The van der Waals surface area contributed by atoms with Crippen LogP contribution < -0.4 is 0 Å². The Morgan fingerprint density at radius 1 is 1.44 bits per heavy atom. The van der Waals surface area contributed by atoms with Crippen LogP contribution in [0.4, 0.5) is 0 Å². The fourth-order valence-corrected chi connectivity index (χ4v) is 2.76. The van der Waals surface area contributed by atoms with E-state index in [4.69, 9.17) is 0 Å². The van der Waals surface area contributed by atoms with Crippen molar-refractivity contribution >= 4 is 21.8 Å². The normalized spacial score (nSPS) is 24.1. The summed E-state index contributed by atoms with van der Waals surface area (Å²) >= 11 is 3.66. The van der Waals surface area contributed by atoms with E-state index in [1.165, 1.54) is 0 Å². The lowest BCUT2D eigenvalue weighted by Gasteiger charge is -2.34. The number of hydrogen-bond acceptors (Lipinski definition) is 2. The van der Waals surface area contributed by atoms with Crippen LogP contribution in [0.2, 0.25) is 0 Å². The molecule has 2 heterocycles. The van der Waals surface area contributed by atoms with Crippen LogP contribution >= 0.6 is 15.9 Å². The molecule has 18 heavy (non-hydrogen) atoms. The molecule has 0 N–H and O–H groups in total. The van der Waals surface area contributed by atoms with Gasteiger partial charge in [-0.2, -0.15) is 0 Å². The Morgan fingerprint density at radius 2 is 2.17 bits per heavy atom. The number of pyridine rings is 1. The molecule has 1 saturated heterocycles. The minimum atomic E-state index is 0.117. The quantitative estimate of drug-likeness (QED) is 0.747. The number of halogens is 1. The van der Waals surface area contributed by atoms with Gasteiger partial charge in [0.25, 0.3) is 5.91 Å². The molecule has 0 aromatic carbocycles. The fraction of sp³-hybridized carbons (Fsp3) is 0.571. The third-order valence-corrected chi connectivity index (χ3v) is 4.90. The first-order valence-corrected chi connectivity index (χ1v) is 7.28. The van der Waals surface area contributed by atoms with Crippen LogP contribution in [0.1, 0.15) is 35.1 Å². The van der Waals surface area contributed by atoms with E-state index in [0.717, 1.165) is 36.5 Å². The van der Waals surface area contributed by atoms with E-state index >= 15 is 0 Å². The highest BCUT2D eigenvalue weighted by molar-refractivity contribution is 9.09. The van der Waals surface area contributed by atoms with E-state index in [1.54, 1.807) is 0 Å². The maximum Gasteiger partial charge on any atom is 0.255 e. The van der Waals surface area contributed by atoms with Gasteiger partial charge in [-0.15, -0.1) is 0 Å². The molecule has 2 atom stereocenters. The molecule has 4 heteroatoms. The molecule has 1 aliphatic heterocycles. The summed E-state index contributed by atoms with van der Waals surface area (Å²) in [5.74, 6) is 0.618. The molecule has 1 aromatic rings. The van der Waals surface area contributed by atoms with Gasteiger partial charge in [-0.25, -0.2) is 0 Å². The van der Waals surface area contributed by atoms with Gasteiger partial charge in [-0.3, -0.25) is 9.78 Å². The molecule has 1 amide bonds. The van der Waals surface area contributed by atoms with Gasteiger partial charge < -0.3 is 4.90 Å². The van der Waals surface area contributed by atoms with Crippen LogP contribution in [-0.4, -0.2) is 33.7 Å². The van der Waals surface area contributed by atoms with E-state index in [9.17, 15) is 4.79 Å². The lowest BCUT2D eigenvalue weighted by molar-refractivity contribution is 0.0689. The molecule has 0 bridgehead atoms. The number of likely N-dealkylation sites (tertiary alicyclic amines) is 1. The number of piperidine rings is 1. The smallest absolute Gasteiger partial charge is 0.255 e. The van der Waals surface area contributed by atoms with Gasteiger partial charge in [0.2, 0.25) is 0 Å². The predicted molar refractivity (Wildman–Crippen MR) is 76.1 cm³/mol. The highest BCUT2D eigenvalue weighted by Gasteiger charge is 2.28. The number of aromatic nitrogens is 1. The summed E-state index contributed by atoms with van der Waals surface area (Å²) in [6.07, 6.45) is 1.02. The zero-order valence-electron chi connectivity index (χ0n) is 11.1. The van der Waals surface area contributed by atoms with Crippen LogP contribution in [0.5, 0.6) is 0 Å². The van der Waals surface area contributed by atoms with Gasteiger partial charge in [0.15, 0.2) is 0 Å². The largest absolute Gasteiger partial charge is 0.338 e. The zero-order valence-corrected chi connectivity index (χ0v) is 12.7. The lowest BCUT2D eigenvalue weighted by Crippen LogP contribution is -2.43. The van der Waals surface area contributed by atoms with Crippen molar-refractivity contribution in [3.8, 4) is 0 Å². The number of nitrogens with zero attached hydrogens (tertiary/aromatic N) is 2. The van der Waals surface area contributed by atoms with E-state index < -0.39 is 0 Å². The van der Waals surface area contributed by atoms with Crippen molar-refractivity contribution in [1.82, 2.24) is 9.88 Å². The summed E-state index contributed by atoms with van der Waals surface area (Å²) < 4.78 is 0. The number of alkyl halides is 1. The third-order valence-electron chi connectivity index (χ3n) is 3.54. The number of hydrogen-bond donors (Lipinski definition) is 0. The minimum absolute atomic E-state index is 0.117. The first-order valence-electron chi connectivity index (χ1n) is 6.36. The Balaban J connectivity index is 2.16. The van der Waals surface area contributed by atoms with Gasteiger partial charge in [-0.05, 0) is 38.3 Å². The van der Waals surface area contributed by atoms with Crippen molar-refractivity contribution < 1.29 is 4.79 Å². The van der Waals surface area contributed by atoms with Gasteiger partial charge in [0.05, 0.1) is 11.3 Å². The SMILES string of the molecule is Cc1ccc(C(=O)N2CCC(Br)C(C)C2)c(C)n1. The van der Waals surface area contributed by atoms with Crippen molar-refractivity contribution in [2.45, 2.75) is 32.0 Å². The molecule has 98 valence electrons. The van der Waals surface area contributed by atoms with Crippen LogP contribution in [0.15, 0.2) is 12.1 Å². The molecule has 0 spiro atoms. The monoisotopic (exact) mass is 310 g/mol. The summed E-state index contributed by atoms with van der Waals surface area (Å²) in [6.45, 7) is 7.67. The Kier molecular flexibility index (Phi) is 4.05. The summed E-state index contributed by atoms with van der Waals surface area (Å²) in [5, 5.41) is 0. The Morgan fingerprint density at radius 3 is 2.78 bits per heavy atom. The molecule has 3 nitrogen and oxygen atoms in total. The molecular formula is C14H19BrN2O. The first kappa shape index (κ1) is 13.5. The van der Waals surface area contributed by atoms with Crippen molar-refractivity contribution in [3.63, 3.8) is 0 Å². The van der Waals surface area contributed by atoms with Gasteiger partial charge in [0.1, 0.15) is 0 Å². The zero-order chi connectivity index (χ0) is 13.3. The van der Waals surface area contributed by atoms with E-state index in [2.05, 4.69) is 27.8 Å². The lowest BCUT2D eigenvalue weighted by atomic mass is 9.99. The van der Waals surface area contributed by atoms with Crippen molar-refractivity contribution in [1.29, 1.82) is 0 Å². The second-order valence-electron chi connectivity index (χ2n) is 5.12. The molecule has 1 fully saturated rings. The van der Waals surface area contributed by atoms with Gasteiger partial charge >= 0.3 is 0 Å². The number of carbonyl (C=O) groups is 1. The second-order valence-corrected chi connectivity index (χ2v) is 6.29. The molecule has 1 aliphatic rings. The fourth-order valence-electron chi connectivity index (χ4n) is 2.38. The molecule has 2 rings (SSSR count). The van der Waals surface area contributed by atoms with Gasteiger partial charge in [0, 0.05) is 23.6 Å². The Hall–Kier alpha value is -0.900. The maximum absolute atomic E-state index is 12.5. The average Bonchev–Trinajstić information content (AvgIpc) is 2.32. The Labute approximate surface area is 117 Å². The average molecular weight is 311 g/mol. The second kappa shape index (κ2) is 5.39. The minimum Gasteiger partial charge on any atom is -0.338 e. The van der Waals surface area contributed by atoms with Crippen molar-refractivity contribution in [2.75, 3.05) is 13.1 Å². The summed E-state index contributed by atoms with van der Waals surface area (Å²) in [6, 6.07) is 3.80. The third kappa shape index (κ3) is 2.74. The molecular weight excluding hydrogens is 292 g/mol. The van der Waals surface area contributed by atoms with Crippen LogP contribution in [-0.2, 0) is 0 Å². The van der Waals surface area contributed by atoms with E-state index in [0.29, 0.717) is 10.7 Å². The summed E-state index contributed by atoms with van der Waals surface area (Å²) in [4.78, 5) is 19.3. The van der Waals surface area contributed by atoms with Crippen LogP contribution in [0.3, 0.4) is 0 Å². The van der Waals surface area contributed by atoms with Gasteiger partial charge in [-0.1, -0.05) is 22.9 Å². The Bertz CT molecular complexity index is 461. The molecule has 2 unspecified atom stereocenters. The van der Waals surface area contributed by atoms with Crippen LogP contribution in [0, 0.1) is 19.8 Å². The molecule has 0 aliphatic carbocycles. The number of aryl methyl sites for hydroxylation is 2. The summed E-state index contributed by atoms with van der Waals surface area (Å²) in [5.41, 5.74) is 2.52. The number of carbonyl (C=O) groups excluding carboxylic acids is 1.